The molecular weight excluding hydrogens is 247 g/mol. The second-order valence-electron chi connectivity index (χ2n) is 4.23. The lowest BCUT2D eigenvalue weighted by Crippen LogP contribution is -2.42. The fraction of sp³-hybridized carbons (Fsp3) is 0.636. The van der Waals surface area contributed by atoms with Crippen LogP contribution in [-0.4, -0.2) is 36.3 Å². The third-order valence-corrected chi connectivity index (χ3v) is 2.99. The van der Waals surface area contributed by atoms with Gasteiger partial charge in [0.15, 0.2) is 0 Å². The van der Waals surface area contributed by atoms with E-state index in [4.69, 9.17) is 4.74 Å². The van der Waals surface area contributed by atoms with Crippen LogP contribution in [0.15, 0.2) is 12.3 Å². The van der Waals surface area contributed by atoms with Gasteiger partial charge in [0.05, 0.1) is 13.0 Å². The van der Waals surface area contributed by atoms with Crippen molar-refractivity contribution < 1.29 is 17.9 Å². The molecule has 7 heteroatoms. The SMILES string of the molecule is COc1ccnc(N2CCCC(C(F)(F)F)C2)n1. The summed E-state index contributed by atoms with van der Waals surface area (Å²) in [6.45, 7) is 0.455. The predicted octanol–water partition coefficient (Wildman–Crippen LogP) is 2.26. The molecule has 1 saturated heterocycles. The van der Waals surface area contributed by atoms with Crippen molar-refractivity contribution >= 4 is 5.95 Å². The van der Waals surface area contributed by atoms with Crippen molar-refractivity contribution in [3.05, 3.63) is 12.3 Å². The number of hydrogen-bond donors (Lipinski definition) is 0. The zero-order chi connectivity index (χ0) is 13.2. The fourth-order valence-electron chi connectivity index (χ4n) is 2.02. The van der Waals surface area contributed by atoms with E-state index in [1.807, 2.05) is 0 Å². The predicted molar refractivity (Wildman–Crippen MR) is 59.6 cm³/mol. The summed E-state index contributed by atoms with van der Waals surface area (Å²) < 4.78 is 43.0. The molecule has 18 heavy (non-hydrogen) atoms. The van der Waals surface area contributed by atoms with Gasteiger partial charge in [-0.3, -0.25) is 0 Å². The molecule has 1 fully saturated rings. The molecule has 0 N–H and O–H groups in total. The summed E-state index contributed by atoms with van der Waals surface area (Å²) in [5, 5.41) is 0. The molecule has 100 valence electrons. The Labute approximate surface area is 103 Å². The first-order chi connectivity index (χ1) is 8.50. The van der Waals surface area contributed by atoms with Crippen molar-refractivity contribution in [1.82, 2.24) is 9.97 Å². The van der Waals surface area contributed by atoms with Crippen molar-refractivity contribution in [2.75, 3.05) is 25.1 Å². The van der Waals surface area contributed by atoms with Crippen LogP contribution in [0.1, 0.15) is 12.8 Å². The van der Waals surface area contributed by atoms with Gasteiger partial charge in [-0.25, -0.2) is 4.98 Å². The number of rotatable bonds is 2. The highest BCUT2D eigenvalue weighted by Crippen LogP contribution is 2.34. The summed E-state index contributed by atoms with van der Waals surface area (Å²) in [6.07, 6.45) is -2.01. The van der Waals surface area contributed by atoms with Gasteiger partial charge in [-0.2, -0.15) is 18.2 Å². The number of methoxy groups -OCH3 is 1. The van der Waals surface area contributed by atoms with Gasteiger partial charge in [0, 0.05) is 25.4 Å². The Bertz CT molecular complexity index is 411. The molecule has 0 spiro atoms. The average Bonchev–Trinajstić information content (AvgIpc) is 2.38. The third kappa shape index (κ3) is 2.83. The Kier molecular flexibility index (Phi) is 3.58. The van der Waals surface area contributed by atoms with E-state index in [2.05, 4.69) is 9.97 Å². The van der Waals surface area contributed by atoms with Crippen molar-refractivity contribution in [2.24, 2.45) is 5.92 Å². The van der Waals surface area contributed by atoms with Crippen LogP contribution in [0.4, 0.5) is 19.1 Å². The first-order valence-corrected chi connectivity index (χ1v) is 5.69. The lowest BCUT2D eigenvalue weighted by Gasteiger charge is -2.33. The van der Waals surface area contributed by atoms with Crippen LogP contribution in [0.5, 0.6) is 5.88 Å². The summed E-state index contributed by atoms with van der Waals surface area (Å²) in [4.78, 5) is 9.61. The summed E-state index contributed by atoms with van der Waals surface area (Å²) in [7, 11) is 1.46. The Morgan fingerprint density at radius 3 is 2.89 bits per heavy atom. The van der Waals surface area contributed by atoms with Gasteiger partial charge in [0.2, 0.25) is 11.8 Å². The van der Waals surface area contributed by atoms with Gasteiger partial charge >= 0.3 is 6.18 Å². The van der Waals surface area contributed by atoms with E-state index < -0.39 is 12.1 Å². The molecule has 2 heterocycles. The van der Waals surface area contributed by atoms with Crippen LogP contribution in [-0.2, 0) is 0 Å². The fourth-order valence-corrected chi connectivity index (χ4v) is 2.02. The first kappa shape index (κ1) is 12.9. The van der Waals surface area contributed by atoms with E-state index >= 15 is 0 Å². The highest BCUT2D eigenvalue weighted by atomic mass is 19.4. The number of hydrogen-bond acceptors (Lipinski definition) is 4. The molecule has 0 amide bonds. The van der Waals surface area contributed by atoms with Gasteiger partial charge in [-0.15, -0.1) is 0 Å². The lowest BCUT2D eigenvalue weighted by molar-refractivity contribution is -0.176. The van der Waals surface area contributed by atoms with Crippen LogP contribution >= 0.6 is 0 Å². The largest absolute Gasteiger partial charge is 0.481 e. The molecule has 0 radical (unpaired) electrons. The normalized spacial score (nSPS) is 20.9. The zero-order valence-corrected chi connectivity index (χ0v) is 9.94. The summed E-state index contributed by atoms with van der Waals surface area (Å²) in [5.74, 6) is -0.654. The van der Waals surface area contributed by atoms with E-state index in [0.29, 0.717) is 24.8 Å². The standard InChI is InChI=1S/C11H14F3N3O/c1-18-9-4-5-15-10(16-9)17-6-2-3-8(7-17)11(12,13)14/h4-5,8H,2-3,6-7H2,1H3. The van der Waals surface area contributed by atoms with Crippen molar-refractivity contribution in [3.63, 3.8) is 0 Å². The maximum absolute atomic E-state index is 12.7. The van der Waals surface area contributed by atoms with E-state index in [0.717, 1.165) is 0 Å². The van der Waals surface area contributed by atoms with Crippen molar-refractivity contribution in [1.29, 1.82) is 0 Å². The van der Waals surface area contributed by atoms with Gasteiger partial charge in [0.25, 0.3) is 0 Å². The number of alkyl halides is 3. The molecule has 1 aromatic heterocycles. The van der Waals surface area contributed by atoms with Crippen molar-refractivity contribution in [2.45, 2.75) is 19.0 Å². The van der Waals surface area contributed by atoms with Crippen LogP contribution in [0, 0.1) is 5.92 Å². The first-order valence-electron chi connectivity index (χ1n) is 5.69. The molecule has 0 saturated carbocycles. The second kappa shape index (κ2) is 4.99. The molecule has 1 aromatic rings. The molecule has 1 aliphatic heterocycles. The minimum absolute atomic E-state index is 0.0866. The van der Waals surface area contributed by atoms with Gasteiger partial charge < -0.3 is 9.64 Å². The lowest BCUT2D eigenvalue weighted by atomic mass is 9.98. The van der Waals surface area contributed by atoms with E-state index in [1.165, 1.54) is 13.3 Å². The Morgan fingerprint density at radius 1 is 1.44 bits per heavy atom. The Hall–Kier alpha value is -1.53. The van der Waals surface area contributed by atoms with Gasteiger partial charge in [-0.05, 0) is 12.8 Å². The topological polar surface area (TPSA) is 38.2 Å². The van der Waals surface area contributed by atoms with E-state index in [9.17, 15) is 13.2 Å². The Balaban J connectivity index is 2.13. The summed E-state index contributed by atoms with van der Waals surface area (Å²) in [6, 6.07) is 1.56. The molecule has 4 nitrogen and oxygen atoms in total. The molecule has 1 atom stereocenters. The highest BCUT2D eigenvalue weighted by molar-refractivity contribution is 5.32. The number of anilines is 1. The molecule has 1 aliphatic rings. The molecule has 2 rings (SSSR count). The number of ether oxygens (including phenoxy) is 1. The maximum atomic E-state index is 12.7. The van der Waals surface area contributed by atoms with Crippen LogP contribution < -0.4 is 9.64 Å². The number of aromatic nitrogens is 2. The number of halogens is 3. The molecular formula is C11H14F3N3O. The molecule has 1 unspecified atom stereocenters. The monoisotopic (exact) mass is 261 g/mol. The quantitative estimate of drug-likeness (QED) is 0.818. The molecule has 0 bridgehead atoms. The number of nitrogens with zero attached hydrogens (tertiary/aromatic N) is 3. The van der Waals surface area contributed by atoms with Crippen LogP contribution in [0.25, 0.3) is 0 Å². The second-order valence-corrected chi connectivity index (χ2v) is 4.23. The minimum Gasteiger partial charge on any atom is -0.481 e. The Morgan fingerprint density at radius 2 is 2.22 bits per heavy atom. The van der Waals surface area contributed by atoms with Gasteiger partial charge in [0.1, 0.15) is 0 Å². The van der Waals surface area contributed by atoms with Crippen LogP contribution in [0.3, 0.4) is 0 Å². The summed E-state index contributed by atoms with van der Waals surface area (Å²) >= 11 is 0. The maximum Gasteiger partial charge on any atom is 0.393 e. The summed E-state index contributed by atoms with van der Waals surface area (Å²) in [5.41, 5.74) is 0. The average molecular weight is 261 g/mol. The minimum atomic E-state index is -4.16. The highest BCUT2D eigenvalue weighted by Gasteiger charge is 2.42. The van der Waals surface area contributed by atoms with Crippen molar-refractivity contribution in [3.8, 4) is 5.88 Å². The smallest absolute Gasteiger partial charge is 0.393 e. The number of piperidine rings is 1. The van der Waals surface area contributed by atoms with Gasteiger partial charge in [-0.1, -0.05) is 0 Å². The van der Waals surface area contributed by atoms with E-state index in [1.54, 1.807) is 11.0 Å². The molecule has 0 aromatic carbocycles. The third-order valence-electron chi connectivity index (χ3n) is 2.99. The van der Waals surface area contributed by atoms with E-state index in [-0.39, 0.29) is 13.0 Å². The zero-order valence-electron chi connectivity index (χ0n) is 9.94. The van der Waals surface area contributed by atoms with Crippen LogP contribution in [0.2, 0.25) is 0 Å². The molecule has 0 aliphatic carbocycles.